The minimum atomic E-state index is -0.883. The maximum atomic E-state index is 12.6. The zero-order valence-electron chi connectivity index (χ0n) is 20.0. The van der Waals surface area contributed by atoms with Gasteiger partial charge in [0.2, 0.25) is 0 Å². The van der Waals surface area contributed by atoms with Crippen molar-refractivity contribution in [2.45, 2.75) is 85.4 Å². The van der Waals surface area contributed by atoms with E-state index in [1.807, 2.05) is 6.92 Å². The highest BCUT2D eigenvalue weighted by atomic mass is 32.2. The minimum Gasteiger partial charge on any atom is -0.465 e. The van der Waals surface area contributed by atoms with Crippen molar-refractivity contribution >= 4 is 23.7 Å². The number of hydrogen-bond acceptors (Lipinski definition) is 8. The lowest BCUT2D eigenvalue weighted by Crippen LogP contribution is -2.34. The van der Waals surface area contributed by atoms with E-state index in [4.69, 9.17) is 14.6 Å². The van der Waals surface area contributed by atoms with Crippen molar-refractivity contribution in [3.05, 3.63) is 0 Å². The second-order valence-electron chi connectivity index (χ2n) is 8.87. The summed E-state index contributed by atoms with van der Waals surface area (Å²) in [5.74, 6) is -0.163. The van der Waals surface area contributed by atoms with Crippen molar-refractivity contribution in [2.24, 2.45) is 17.3 Å². The highest BCUT2D eigenvalue weighted by Crippen LogP contribution is 2.30. The summed E-state index contributed by atoms with van der Waals surface area (Å²) >= 11 is 1.27. The van der Waals surface area contributed by atoms with Gasteiger partial charge in [0.25, 0.3) is 0 Å². The molecule has 3 N–H and O–H groups in total. The molecule has 4 unspecified atom stereocenters. The minimum absolute atomic E-state index is 0.151. The molecular weight excluding hydrogens is 420 g/mol. The zero-order chi connectivity index (χ0) is 23.9. The largest absolute Gasteiger partial charge is 0.465 e. The van der Waals surface area contributed by atoms with E-state index in [0.717, 1.165) is 25.7 Å². The van der Waals surface area contributed by atoms with E-state index in [1.54, 1.807) is 13.8 Å². The Morgan fingerprint density at radius 3 is 2.16 bits per heavy atom. The van der Waals surface area contributed by atoms with Gasteiger partial charge in [0.1, 0.15) is 6.61 Å². The first-order valence-electron chi connectivity index (χ1n) is 11.5. The summed E-state index contributed by atoms with van der Waals surface area (Å²) in [5.41, 5.74) is -0.883. The van der Waals surface area contributed by atoms with Crippen LogP contribution < -0.4 is 0 Å². The summed E-state index contributed by atoms with van der Waals surface area (Å²) in [6, 6.07) is 0. The molecule has 0 amide bonds. The SMILES string of the molecule is CCCCC(CC)COC(=O)C(CC)CC(C)(C)C(=O)OCC(O)CSCC(O)CO. The van der Waals surface area contributed by atoms with Crippen LogP contribution in [0.3, 0.4) is 0 Å². The lowest BCUT2D eigenvalue weighted by atomic mass is 9.81. The van der Waals surface area contributed by atoms with Crippen LogP contribution in [-0.2, 0) is 19.1 Å². The Balaban J connectivity index is 4.52. The first kappa shape index (κ1) is 30.2. The number of carbonyl (C=O) groups excluding carboxylic acids is 2. The second kappa shape index (κ2) is 16.8. The Labute approximate surface area is 192 Å². The third-order valence-corrected chi connectivity index (χ3v) is 6.62. The molecule has 0 rings (SSSR count). The molecule has 4 atom stereocenters. The van der Waals surface area contributed by atoms with Gasteiger partial charge < -0.3 is 24.8 Å². The topological polar surface area (TPSA) is 113 Å². The molecule has 0 fully saturated rings. The highest BCUT2D eigenvalue weighted by molar-refractivity contribution is 7.99. The van der Waals surface area contributed by atoms with Crippen molar-refractivity contribution in [3.8, 4) is 0 Å². The quantitative estimate of drug-likeness (QED) is 0.265. The Kier molecular flexibility index (Phi) is 16.3. The van der Waals surface area contributed by atoms with Gasteiger partial charge in [-0.2, -0.15) is 11.8 Å². The average Bonchev–Trinajstić information content (AvgIpc) is 2.75. The Bertz CT molecular complexity index is 498. The summed E-state index contributed by atoms with van der Waals surface area (Å²) in [6.07, 6.45) is 3.47. The number of esters is 2. The molecule has 0 aromatic rings. The molecule has 0 aromatic carbocycles. The molecule has 0 saturated heterocycles. The first-order valence-corrected chi connectivity index (χ1v) is 12.6. The Morgan fingerprint density at radius 2 is 1.61 bits per heavy atom. The van der Waals surface area contributed by atoms with E-state index in [2.05, 4.69) is 13.8 Å². The van der Waals surface area contributed by atoms with E-state index in [-0.39, 0.29) is 30.9 Å². The van der Waals surface area contributed by atoms with Crippen molar-refractivity contribution < 1.29 is 34.4 Å². The maximum Gasteiger partial charge on any atom is 0.311 e. The number of hydrogen-bond donors (Lipinski definition) is 3. The summed E-state index contributed by atoms with van der Waals surface area (Å²) < 4.78 is 10.8. The van der Waals surface area contributed by atoms with Gasteiger partial charge in [-0.25, -0.2) is 0 Å². The molecule has 0 aromatic heterocycles. The van der Waals surface area contributed by atoms with Crippen LogP contribution in [0.4, 0.5) is 0 Å². The lowest BCUT2D eigenvalue weighted by Gasteiger charge is -2.27. The fourth-order valence-corrected chi connectivity index (χ4v) is 4.00. The monoisotopic (exact) mass is 464 g/mol. The van der Waals surface area contributed by atoms with E-state index in [9.17, 15) is 19.8 Å². The van der Waals surface area contributed by atoms with Crippen molar-refractivity contribution in [2.75, 3.05) is 31.3 Å². The molecule has 0 aliphatic carbocycles. The van der Waals surface area contributed by atoms with Crippen LogP contribution in [-0.4, -0.2) is 70.8 Å². The van der Waals surface area contributed by atoms with Gasteiger partial charge in [-0.3, -0.25) is 9.59 Å². The molecule has 31 heavy (non-hydrogen) atoms. The van der Waals surface area contributed by atoms with Gasteiger partial charge in [-0.15, -0.1) is 0 Å². The number of thioether (sulfide) groups is 1. The molecule has 8 heteroatoms. The van der Waals surface area contributed by atoms with Gasteiger partial charge >= 0.3 is 11.9 Å². The van der Waals surface area contributed by atoms with Gasteiger partial charge in [0.15, 0.2) is 0 Å². The lowest BCUT2D eigenvalue weighted by molar-refractivity contribution is -0.160. The normalized spacial score (nSPS) is 15.7. The second-order valence-corrected chi connectivity index (χ2v) is 9.94. The van der Waals surface area contributed by atoms with Gasteiger partial charge in [-0.05, 0) is 39.0 Å². The van der Waals surface area contributed by atoms with E-state index in [0.29, 0.717) is 31.1 Å². The third kappa shape index (κ3) is 13.3. The number of rotatable bonds is 18. The van der Waals surface area contributed by atoms with Crippen LogP contribution >= 0.6 is 11.8 Å². The molecular formula is C23H44O7S. The summed E-state index contributed by atoms with van der Waals surface area (Å²) in [6.45, 7) is 9.57. The molecule has 0 bridgehead atoms. The van der Waals surface area contributed by atoms with Crippen molar-refractivity contribution in [1.29, 1.82) is 0 Å². The standard InChI is InChI=1S/C23H44O7S/c1-6-9-10-17(7-2)13-29-21(27)18(8-3)11-23(4,5)22(28)30-14-20(26)16-31-15-19(25)12-24/h17-20,24-26H,6-16H2,1-5H3. The van der Waals surface area contributed by atoms with Crippen LogP contribution in [0.1, 0.15) is 73.1 Å². The Hall–Kier alpha value is -0.830. The molecule has 0 radical (unpaired) electrons. The third-order valence-electron chi connectivity index (χ3n) is 5.38. The molecule has 0 saturated carbocycles. The molecule has 0 aliphatic rings. The van der Waals surface area contributed by atoms with Crippen LogP contribution in [0.25, 0.3) is 0 Å². The zero-order valence-corrected chi connectivity index (χ0v) is 20.8. The van der Waals surface area contributed by atoms with Crippen molar-refractivity contribution in [1.82, 2.24) is 0 Å². The Morgan fingerprint density at radius 1 is 0.968 bits per heavy atom. The van der Waals surface area contributed by atoms with Gasteiger partial charge in [-0.1, -0.05) is 40.0 Å². The molecule has 184 valence electrons. The van der Waals surface area contributed by atoms with Crippen LogP contribution in [0.15, 0.2) is 0 Å². The predicted molar refractivity (Wildman–Crippen MR) is 124 cm³/mol. The fourth-order valence-electron chi connectivity index (χ4n) is 3.12. The number of unbranched alkanes of at least 4 members (excludes halogenated alkanes) is 1. The molecule has 0 heterocycles. The van der Waals surface area contributed by atoms with Crippen LogP contribution in [0, 0.1) is 17.3 Å². The van der Waals surface area contributed by atoms with E-state index in [1.165, 1.54) is 11.8 Å². The first-order chi connectivity index (χ1) is 14.6. The fraction of sp³-hybridized carbons (Fsp3) is 0.913. The number of aliphatic hydroxyl groups excluding tert-OH is 3. The van der Waals surface area contributed by atoms with Crippen LogP contribution in [0.5, 0.6) is 0 Å². The van der Waals surface area contributed by atoms with E-state index < -0.39 is 23.6 Å². The predicted octanol–water partition coefficient (Wildman–Crippen LogP) is 3.18. The summed E-state index contributed by atoms with van der Waals surface area (Å²) in [5, 5.41) is 28.0. The van der Waals surface area contributed by atoms with Crippen LogP contribution in [0.2, 0.25) is 0 Å². The number of aliphatic hydroxyl groups is 3. The number of carbonyl (C=O) groups is 2. The van der Waals surface area contributed by atoms with Crippen molar-refractivity contribution in [3.63, 3.8) is 0 Å². The summed E-state index contributed by atoms with van der Waals surface area (Å²) in [7, 11) is 0. The van der Waals surface area contributed by atoms with Gasteiger partial charge in [0, 0.05) is 11.5 Å². The molecule has 0 spiro atoms. The average molecular weight is 465 g/mol. The smallest absolute Gasteiger partial charge is 0.311 e. The molecule has 7 nitrogen and oxygen atoms in total. The maximum absolute atomic E-state index is 12.6. The highest BCUT2D eigenvalue weighted by Gasteiger charge is 2.35. The van der Waals surface area contributed by atoms with E-state index >= 15 is 0 Å². The van der Waals surface area contributed by atoms with Gasteiger partial charge in [0.05, 0.1) is 36.8 Å². The molecule has 0 aliphatic heterocycles. The number of ether oxygens (including phenoxy) is 2. The summed E-state index contributed by atoms with van der Waals surface area (Å²) in [4.78, 5) is 25.1.